The average Bonchev–Trinajstić information content (AvgIpc) is 3.66. The van der Waals surface area contributed by atoms with E-state index in [2.05, 4.69) is 20.0 Å². The van der Waals surface area contributed by atoms with Crippen molar-refractivity contribution in [3.05, 3.63) is 70.1 Å². The summed E-state index contributed by atoms with van der Waals surface area (Å²) in [5.41, 5.74) is 1.67. The highest BCUT2D eigenvalue weighted by atomic mass is 35.5. The van der Waals surface area contributed by atoms with Crippen LogP contribution < -0.4 is 14.8 Å². The molecule has 2 aromatic heterocycles. The van der Waals surface area contributed by atoms with Crippen molar-refractivity contribution in [2.75, 3.05) is 18.4 Å². The molecule has 2 aromatic carbocycles. The number of carbonyl (C=O) groups excluding carboxylic acids is 2. The molecule has 1 saturated heterocycles. The lowest BCUT2D eigenvalue weighted by molar-refractivity contribution is -0.242. The summed E-state index contributed by atoms with van der Waals surface area (Å²) in [7, 11) is -2.62. The zero-order valence-electron chi connectivity index (χ0n) is 23.5. The molecule has 0 radical (unpaired) electrons. The molecule has 3 heterocycles. The van der Waals surface area contributed by atoms with Crippen molar-refractivity contribution in [2.24, 2.45) is 0 Å². The summed E-state index contributed by atoms with van der Waals surface area (Å²) in [4.78, 5) is 28.0. The van der Waals surface area contributed by atoms with Crippen molar-refractivity contribution in [2.45, 2.75) is 41.9 Å². The average molecular weight is 708 g/mol. The van der Waals surface area contributed by atoms with Gasteiger partial charge in [0.15, 0.2) is 5.82 Å². The Morgan fingerprint density at radius 3 is 2.52 bits per heavy atom. The quantitative estimate of drug-likeness (QED) is 0.221. The van der Waals surface area contributed by atoms with Gasteiger partial charge in [-0.3, -0.25) is 14.2 Å². The van der Waals surface area contributed by atoms with Crippen molar-refractivity contribution >= 4 is 61.6 Å². The van der Waals surface area contributed by atoms with Crippen molar-refractivity contribution in [3.63, 3.8) is 0 Å². The minimum Gasteiger partial charge on any atom is -0.496 e. The molecule has 2 N–H and O–H groups in total. The number of rotatable bonds is 10. The molecule has 0 saturated carbocycles. The van der Waals surface area contributed by atoms with Crippen molar-refractivity contribution in [1.82, 2.24) is 20.2 Å². The first kappa shape index (κ1) is 33.4. The maximum atomic E-state index is 14.0. The van der Waals surface area contributed by atoms with E-state index in [1.165, 1.54) is 23.9 Å². The largest absolute Gasteiger partial charge is 0.496 e. The van der Waals surface area contributed by atoms with Gasteiger partial charge < -0.3 is 14.9 Å². The number of hydrogen-bond acceptors (Lipinski definition) is 9. The van der Waals surface area contributed by atoms with Crippen LogP contribution >= 0.6 is 22.9 Å². The number of sulfonamides is 1. The Morgan fingerprint density at radius 2 is 1.85 bits per heavy atom. The number of amides is 1. The van der Waals surface area contributed by atoms with E-state index in [1.807, 2.05) is 0 Å². The van der Waals surface area contributed by atoms with E-state index >= 15 is 0 Å². The second kappa shape index (κ2) is 12.7. The van der Waals surface area contributed by atoms with E-state index in [9.17, 15) is 40.0 Å². The van der Waals surface area contributed by atoms with Gasteiger partial charge in [0.2, 0.25) is 5.91 Å². The predicted molar refractivity (Wildman–Crippen MR) is 156 cm³/mol. The fourth-order valence-electron chi connectivity index (χ4n) is 4.76. The van der Waals surface area contributed by atoms with E-state index in [0.29, 0.717) is 27.8 Å². The fourth-order valence-corrected chi connectivity index (χ4v) is 7.25. The highest BCUT2D eigenvalue weighted by Gasteiger charge is 2.53. The number of fused-ring (bicyclic) bond motifs is 1. The number of anilines is 1. The minimum atomic E-state index is -5.44. The van der Waals surface area contributed by atoms with Gasteiger partial charge >= 0.3 is 12.1 Å². The monoisotopic (exact) mass is 707 g/mol. The number of nitrogens with zero attached hydrogens (tertiary/aromatic N) is 3. The number of nitrogens with one attached hydrogen (secondary N) is 2. The Bertz CT molecular complexity index is 1900. The molecule has 11 nitrogen and oxygen atoms in total. The third-order valence-electron chi connectivity index (χ3n) is 6.76. The highest BCUT2D eigenvalue weighted by molar-refractivity contribution is 7.94. The number of benzene rings is 2. The number of halogens is 6. The molecule has 4 aromatic rings. The molecule has 246 valence electrons. The Kier molecular flexibility index (Phi) is 9.18. The van der Waals surface area contributed by atoms with E-state index in [4.69, 9.17) is 16.3 Å². The van der Waals surface area contributed by atoms with Crippen LogP contribution in [0.5, 0.6) is 5.75 Å². The molecule has 0 unspecified atom stereocenters. The van der Waals surface area contributed by atoms with Crippen molar-refractivity contribution in [1.29, 1.82) is 0 Å². The lowest BCUT2D eigenvalue weighted by atomic mass is 10.1. The number of alkyl halides is 5. The Balaban J connectivity index is 1.33. The zero-order chi connectivity index (χ0) is 33.4. The normalized spacial score (nSPS) is 16.8. The summed E-state index contributed by atoms with van der Waals surface area (Å²) in [6.45, 7) is -1.45. The number of hydroxylamine groups is 2. The maximum Gasteiger partial charge on any atom is 0.492 e. The summed E-state index contributed by atoms with van der Waals surface area (Å²) in [6.07, 6.45) is -6.58. The van der Waals surface area contributed by atoms with Crippen LogP contribution in [0.15, 0.2) is 58.8 Å². The summed E-state index contributed by atoms with van der Waals surface area (Å²) in [5.74, 6) is -6.98. The summed E-state index contributed by atoms with van der Waals surface area (Å²) in [5, 5.41) is 7.30. The second-order valence-electron chi connectivity index (χ2n) is 10.1. The van der Waals surface area contributed by atoms with Crippen LogP contribution in [-0.2, 0) is 37.5 Å². The van der Waals surface area contributed by atoms with Gasteiger partial charge in [-0.1, -0.05) is 41.9 Å². The first-order chi connectivity index (χ1) is 21.6. The number of ether oxygens (including phenoxy) is 1. The van der Waals surface area contributed by atoms with Crippen LogP contribution in [0.1, 0.15) is 17.5 Å². The van der Waals surface area contributed by atoms with Crippen LogP contribution in [0.25, 0.3) is 10.9 Å². The molecule has 1 atom stereocenters. The molecule has 0 aliphatic carbocycles. The SMILES string of the molecule is COc1cccc2c1c(NS(=O)(=O)c1ccc(Cl)s1)nn2Cc1cccc(CNC(=O)[C@H]2CC(F)(F)CN2OC(=O)C(F)(F)F)c1. The molecule has 1 amide bonds. The van der Waals surface area contributed by atoms with Gasteiger partial charge in [0.1, 0.15) is 16.0 Å². The molecule has 5 rings (SSSR count). The van der Waals surface area contributed by atoms with Crippen LogP contribution in [0.4, 0.5) is 27.8 Å². The van der Waals surface area contributed by atoms with Gasteiger partial charge in [0.05, 0.1) is 35.4 Å². The van der Waals surface area contributed by atoms with Gasteiger partial charge in [-0.15, -0.1) is 16.4 Å². The van der Waals surface area contributed by atoms with E-state index < -0.39 is 53.0 Å². The number of methoxy groups -OCH3 is 1. The Morgan fingerprint density at radius 1 is 1.13 bits per heavy atom. The number of carbonyl (C=O) groups is 2. The molecule has 1 aliphatic rings. The van der Waals surface area contributed by atoms with E-state index in [-0.39, 0.29) is 32.5 Å². The van der Waals surface area contributed by atoms with Crippen molar-refractivity contribution < 1.29 is 49.5 Å². The minimum absolute atomic E-state index is 0.00420. The summed E-state index contributed by atoms with van der Waals surface area (Å²) >= 11 is 6.79. The third-order valence-corrected chi connectivity index (χ3v) is 9.82. The Hall–Kier alpha value is -4.00. The molecule has 0 spiro atoms. The van der Waals surface area contributed by atoms with Gasteiger partial charge in [-0.2, -0.15) is 18.3 Å². The molecular formula is C27H23ClF5N5O6S2. The number of aromatic nitrogens is 2. The predicted octanol–water partition coefficient (Wildman–Crippen LogP) is 4.96. The molecule has 1 aliphatic heterocycles. The number of thiophene rings is 1. The zero-order valence-corrected chi connectivity index (χ0v) is 25.9. The van der Waals surface area contributed by atoms with Crippen molar-refractivity contribution in [3.8, 4) is 5.75 Å². The van der Waals surface area contributed by atoms with Crippen LogP contribution in [0.3, 0.4) is 0 Å². The van der Waals surface area contributed by atoms with Gasteiger partial charge in [0.25, 0.3) is 15.9 Å². The first-order valence-corrected chi connectivity index (χ1v) is 15.8. The molecule has 46 heavy (non-hydrogen) atoms. The summed E-state index contributed by atoms with van der Waals surface area (Å²) < 4.78 is 102. The summed E-state index contributed by atoms with van der Waals surface area (Å²) in [6, 6.07) is 12.7. The molecule has 0 bridgehead atoms. The Labute approximate surface area is 266 Å². The molecule has 1 fully saturated rings. The fraction of sp³-hybridized carbons (Fsp3) is 0.296. The lowest BCUT2D eigenvalue weighted by Gasteiger charge is -2.22. The van der Waals surface area contributed by atoms with Crippen LogP contribution in [-0.4, -0.2) is 66.9 Å². The van der Waals surface area contributed by atoms with Crippen LogP contribution in [0.2, 0.25) is 4.34 Å². The topological polar surface area (TPSA) is 132 Å². The van der Waals surface area contributed by atoms with Gasteiger partial charge in [0, 0.05) is 13.0 Å². The highest BCUT2D eigenvalue weighted by Crippen LogP contribution is 2.36. The van der Waals surface area contributed by atoms with E-state index in [1.54, 1.807) is 42.5 Å². The molecular weight excluding hydrogens is 685 g/mol. The number of hydrogen-bond donors (Lipinski definition) is 2. The van der Waals surface area contributed by atoms with Gasteiger partial charge in [-0.05, 0) is 35.4 Å². The standard InChI is InChI=1S/C27H23ClF5N5O6S2/c1-43-19-7-3-6-17-22(19)23(36-46(41,42)21-9-8-20(28)45-21)35-37(17)13-16-5-2-4-15(10-16)12-34-24(39)18-11-26(29,30)14-38(18)44-25(40)27(31,32)33/h2-10,18H,11-14H2,1H3,(H,34,39)(H,35,36)/t18-/m1/s1. The van der Waals surface area contributed by atoms with Crippen LogP contribution in [0, 0.1) is 0 Å². The smallest absolute Gasteiger partial charge is 0.492 e. The molecule has 19 heteroatoms. The maximum absolute atomic E-state index is 14.0. The lowest BCUT2D eigenvalue weighted by Crippen LogP contribution is -2.45. The second-order valence-corrected chi connectivity index (χ2v) is 13.7. The van der Waals surface area contributed by atoms with E-state index in [0.717, 1.165) is 11.3 Å². The van der Waals surface area contributed by atoms with Gasteiger partial charge in [-0.25, -0.2) is 22.0 Å². The first-order valence-electron chi connectivity index (χ1n) is 13.2. The third kappa shape index (κ3) is 7.35.